The number of hydrogen-bond acceptors (Lipinski definition) is 5. The van der Waals surface area contributed by atoms with Gasteiger partial charge in [0.1, 0.15) is 23.4 Å². The lowest BCUT2D eigenvalue weighted by Crippen LogP contribution is -2.53. The summed E-state index contributed by atoms with van der Waals surface area (Å²) >= 11 is 0. The fraction of sp³-hybridized carbons (Fsp3) is 0.432. The normalized spacial score (nSPS) is 12.6. The van der Waals surface area contributed by atoms with Crippen molar-refractivity contribution >= 4 is 23.6 Å². The predicted molar refractivity (Wildman–Crippen MR) is 179 cm³/mol. The summed E-state index contributed by atoms with van der Waals surface area (Å²) in [4.78, 5) is 43.8. The average molecular weight is 616 g/mol. The van der Waals surface area contributed by atoms with Crippen LogP contribution in [0.25, 0.3) is 0 Å². The molecule has 0 radical (unpaired) electrons. The second-order valence-corrected chi connectivity index (χ2v) is 12.7. The molecule has 3 amide bonds. The first-order valence-electron chi connectivity index (χ1n) is 15.8. The molecule has 0 bridgehead atoms. The molecule has 0 aliphatic rings. The van der Waals surface area contributed by atoms with Crippen LogP contribution in [0, 0.1) is 20.8 Å². The van der Waals surface area contributed by atoms with Gasteiger partial charge in [0, 0.05) is 18.7 Å². The first-order valence-corrected chi connectivity index (χ1v) is 15.8. The highest BCUT2D eigenvalue weighted by atomic mass is 16.6. The summed E-state index contributed by atoms with van der Waals surface area (Å²) in [6.45, 7) is 13.6. The van der Waals surface area contributed by atoms with E-state index in [1.165, 1.54) is 0 Å². The second-order valence-electron chi connectivity index (χ2n) is 12.7. The van der Waals surface area contributed by atoms with E-state index in [-0.39, 0.29) is 18.1 Å². The molecule has 0 spiro atoms. The zero-order chi connectivity index (χ0) is 33.1. The first-order chi connectivity index (χ1) is 21.3. The number of phenolic OH excluding ortho intramolecular Hbond substituents is 1. The lowest BCUT2D eigenvalue weighted by Gasteiger charge is -2.35. The lowest BCUT2D eigenvalue weighted by atomic mass is 9.94. The average Bonchev–Trinajstić information content (AvgIpc) is 2.97. The zero-order valence-electron chi connectivity index (χ0n) is 27.8. The summed E-state index contributed by atoms with van der Waals surface area (Å²) in [6.07, 6.45) is 3.02. The molecular formula is C37H49N3O5. The van der Waals surface area contributed by atoms with Crippen LogP contribution in [0.15, 0.2) is 66.7 Å². The van der Waals surface area contributed by atoms with Gasteiger partial charge in [0.15, 0.2) is 0 Å². The number of aromatic hydroxyl groups is 1. The van der Waals surface area contributed by atoms with Gasteiger partial charge in [-0.3, -0.25) is 9.59 Å². The molecule has 0 fully saturated rings. The van der Waals surface area contributed by atoms with E-state index in [1.807, 2.05) is 63.2 Å². The summed E-state index contributed by atoms with van der Waals surface area (Å²) in [7, 11) is 0. The summed E-state index contributed by atoms with van der Waals surface area (Å²) in [5, 5.41) is 15.7. The Morgan fingerprint density at radius 2 is 1.53 bits per heavy atom. The molecule has 242 valence electrons. The molecule has 2 unspecified atom stereocenters. The van der Waals surface area contributed by atoms with Crippen molar-refractivity contribution in [3.63, 3.8) is 0 Å². The number of benzene rings is 3. The molecule has 0 aliphatic carbocycles. The monoisotopic (exact) mass is 615 g/mol. The summed E-state index contributed by atoms with van der Waals surface area (Å²) in [5.74, 6) is -0.624. The number of ether oxygens (including phenoxy) is 1. The number of nitrogens with zero attached hydrogens (tertiary/aromatic N) is 1. The summed E-state index contributed by atoms with van der Waals surface area (Å²) < 4.78 is 5.55. The number of amides is 3. The third-order valence-corrected chi connectivity index (χ3v) is 7.80. The van der Waals surface area contributed by atoms with Crippen molar-refractivity contribution in [1.82, 2.24) is 10.2 Å². The number of rotatable bonds is 13. The number of aryl methyl sites for hydroxylation is 2. The molecule has 3 N–H and O–H groups in total. The van der Waals surface area contributed by atoms with Gasteiger partial charge in [-0.1, -0.05) is 74.7 Å². The van der Waals surface area contributed by atoms with Gasteiger partial charge in [-0.15, -0.1) is 0 Å². The van der Waals surface area contributed by atoms with Crippen LogP contribution in [-0.2, 0) is 20.7 Å². The molecule has 2 atom stereocenters. The van der Waals surface area contributed by atoms with Crippen molar-refractivity contribution < 1.29 is 24.2 Å². The van der Waals surface area contributed by atoms with Crippen LogP contribution in [-0.4, -0.2) is 46.1 Å². The van der Waals surface area contributed by atoms with Gasteiger partial charge in [-0.05, 0) is 94.0 Å². The minimum atomic E-state index is -1.03. The van der Waals surface area contributed by atoms with Crippen LogP contribution in [0.3, 0.4) is 0 Å². The molecule has 45 heavy (non-hydrogen) atoms. The van der Waals surface area contributed by atoms with Crippen molar-refractivity contribution in [2.45, 2.75) is 98.3 Å². The molecule has 8 nitrogen and oxygen atoms in total. The Balaban J connectivity index is 2.12. The Labute approximate surface area is 268 Å². The SMILES string of the molecule is CCCCCCN(C(=O)C(Cc1ccc(O)cc1)NC(=O)OC(C)(C)C)C(C(=O)Nc1ccccc1C)c1cccc(C)c1C. The fourth-order valence-electron chi connectivity index (χ4n) is 5.23. The zero-order valence-corrected chi connectivity index (χ0v) is 27.8. The Morgan fingerprint density at radius 3 is 2.18 bits per heavy atom. The molecule has 0 saturated heterocycles. The van der Waals surface area contributed by atoms with Crippen molar-refractivity contribution in [2.75, 3.05) is 11.9 Å². The molecule has 0 heterocycles. The van der Waals surface area contributed by atoms with Crippen LogP contribution >= 0.6 is 0 Å². The topological polar surface area (TPSA) is 108 Å². The molecule has 3 rings (SSSR count). The van der Waals surface area contributed by atoms with Crippen molar-refractivity contribution in [3.8, 4) is 5.75 Å². The van der Waals surface area contributed by atoms with E-state index in [0.29, 0.717) is 18.7 Å². The van der Waals surface area contributed by atoms with Gasteiger partial charge in [0.25, 0.3) is 5.91 Å². The van der Waals surface area contributed by atoms with Crippen molar-refractivity contribution in [3.05, 3.63) is 94.5 Å². The number of hydrogen-bond donors (Lipinski definition) is 3. The van der Waals surface area contributed by atoms with Crippen molar-refractivity contribution in [2.24, 2.45) is 0 Å². The maximum absolute atomic E-state index is 14.7. The number of nitrogens with one attached hydrogen (secondary N) is 2. The predicted octanol–water partition coefficient (Wildman–Crippen LogP) is 7.54. The van der Waals surface area contributed by atoms with Crippen LogP contribution in [0.4, 0.5) is 10.5 Å². The number of unbranched alkanes of at least 4 members (excludes halogenated alkanes) is 3. The molecule has 3 aromatic rings. The molecule has 3 aromatic carbocycles. The third-order valence-electron chi connectivity index (χ3n) is 7.80. The number of anilines is 1. The van der Waals surface area contributed by atoms with E-state index in [4.69, 9.17) is 4.74 Å². The van der Waals surface area contributed by atoms with E-state index < -0.39 is 29.7 Å². The van der Waals surface area contributed by atoms with Crippen LogP contribution in [0.2, 0.25) is 0 Å². The largest absolute Gasteiger partial charge is 0.508 e. The van der Waals surface area contributed by atoms with Gasteiger partial charge in [0.05, 0.1) is 0 Å². The van der Waals surface area contributed by atoms with Gasteiger partial charge in [-0.25, -0.2) is 4.79 Å². The Hall–Kier alpha value is -4.33. The molecular weight excluding hydrogens is 566 g/mol. The number of carbonyl (C=O) groups is 3. The number of para-hydroxylation sites is 1. The van der Waals surface area contributed by atoms with E-state index in [0.717, 1.165) is 47.1 Å². The van der Waals surface area contributed by atoms with Gasteiger partial charge >= 0.3 is 6.09 Å². The number of alkyl carbamates (subject to hydrolysis) is 1. The Kier molecular flexibility index (Phi) is 12.6. The standard InChI is InChI=1S/C37H49N3O5/c1-8-9-10-13-23-40(35(43)32(39-36(44)45-37(5,6)7)24-28-19-21-29(41)22-20-28)33(30-17-14-16-25(2)27(30)4)34(42)38-31-18-12-11-15-26(31)3/h11-12,14-22,32-33,41H,8-10,13,23-24H2,1-7H3,(H,38,42)(H,39,44). The second kappa shape index (κ2) is 16.1. The Morgan fingerprint density at radius 1 is 0.867 bits per heavy atom. The lowest BCUT2D eigenvalue weighted by molar-refractivity contribution is -0.140. The number of carbonyl (C=O) groups excluding carboxylic acids is 3. The molecule has 0 saturated carbocycles. The smallest absolute Gasteiger partial charge is 0.408 e. The first kappa shape index (κ1) is 35.2. The molecule has 0 aliphatic heterocycles. The third kappa shape index (κ3) is 10.4. The highest BCUT2D eigenvalue weighted by Crippen LogP contribution is 2.30. The fourth-order valence-corrected chi connectivity index (χ4v) is 5.23. The van der Waals surface area contributed by atoms with Crippen LogP contribution < -0.4 is 10.6 Å². The van der Waals surface area contributed by atoms with Gasteiger partial charge in [0.2, 0.25) is 5.91 Å². The van der Waals surface area contributed by atoms with Crippen LogP contribution in [0.1, 0.15) is 87.2 Å². The summed E-state index contributed by atoms with van der Waals surface area (Å²) in [5.41, 5.74) is 4.19. The highest BCUT2D eigenvalue weighted by Gasteiger charge is 2.37. The van der Waals surface area contributed by atoms with E-state index in [9.17, 15) is 19.5 Å². The minimum Gasteiger partial charge on any atom is -0.508 e. The van der Waals surface area contributed by atoms with E-state index in [2.05, 4.69) is 17.6 Å². The Bertz CT molecular complexity index is 1450. The van der Waals surface area contributed by atoms with Gasteiger partial charge in [-0.2, -0.15) is 0 Å². The molecule has 8 heteroatoms. The maximum atomic E-state index is 14.7. The molecule has 0 aromatic heterocycles. The van der Waals surface area contributed by atoms with Crippen LogP contribution in [0.5, 0.6) is 5.75 Å². The van der Waals surface area contributed by atoms with E-state index in [1.54, 1.807) is 49.9 Å². The highest BCUT2D eigenvalue weighted by molar-refractivity contribution is 5.99. The van der Waals surface area contributed by atoms with Gasteiger partial charge < -0.3 is 25.4 Å². The quantitative estimate of drug-likeness (QED) is 0.172. The maximum Gasteiger partial charge on any atom is 0.408 e. The van der Waals surface area contributed by atoms with E-state index >= 15 is 0 Å². The number of phenols is 1. The van der Waals surface area contributed by atoms with Crippen molar-refractivity contribution in [1.29, 1.82) is 0 Å². The summed E-state index contributed by atoms with van der Waals surface area (Å²) in [6, 6.07) is 17.8. The minimum absolute atomic E-state index is 0.0992.